The number of hydrogen-bond donors (Lipinski definition) is 1. The van der Waals surface area contributed by atoms with Gasteiger partial charge >= 0.3 is 5.97 Å². The maximum Gasteiger partial charge on any atom is 0.346 e. The van der Waals surface area contributed by atoms with Gasteiger partial charge in [0.2, 0.25) is 0 Å². The minimum Gasteiger partial charge on any atom is -0.486 e. The van der Waals surface area contributed by atoms with Gasteiger partial charge < -0.3 is 19.5 Å². The van der Waals surface area contributed by atoms with Crippen molar-refractivity contribution in [3.8, 4) is 11.5 Å². The summed E-state index contributed by atoms with van der Waals surface area (Å²) in [7, 11) is 0. The Morgan fingerprint density at radius 3 is 2.53 bits per heavy atom. The molecule has 9 nitrogen and oxygen atoms in total. The number of anilines is 1. The Hall–Kier alpha value is -3.62. The first kappa shape index (κ1) is 19.7. The zero-order valence-corrected chi connectivity index (χ0v) is 16.3. The highest BCUT2D eigenvalue weighted by molar-refractivity contribution is 5.99. The third-order valence-electron chi connectivity index (χ3n) is 5.10. The van der Waals surface area contributed by atoms with Gasteiger partial charge in [0.15, 0.2) is 17.6 Å². The van der Waals surface area contributed by atoms with E-state index >= 15 is 0 Å². The Kier molecular flexibility index (Phi) is 5.26. The summed E-state index contributed by atoms with van der Waals surface area (Å²) in [5.74, 6) is -1.11. The number of nitro groups is 1. The summed E-state index contributed by atoms with van der Waals surface area (Å²) in [6, 6.07) is 8.04. The molecule has 30 heavy (non-hydrogen) atoms. The number of carbonyl (C=O) groups excluding carboxylic acids is 2. The fourth-order valence-corrected chi connectivity index (χ4v) is 3.56. The molecule has 9 heteroatoms. The Balaban J connectivity index is 1.47. The first-order valence-corrected chi connectivity index (χ1v) is 9.64. The van der Waals surface area contributed by atoms with Gasteiger partial charge in [-0.05, 0) is 49.4 Å². The lowest BCUT2D eigenvalue weighted by Gasteiger charge is -2.19. The van der Waals surface area contributed by atoms with E-state index in [1.807, 2.05) is 18.2 Å². The summed E-state index contributed by atoms with van der Waals surface area (Å²) in [4.78, 5) is 35.7. The van der Waals surface area contributed by atoms with Crippen LogP contribution in [0.3, 0.4) is 0 Å². The van der Waals surface area contributed by atoms with Gasteiger partial charge in [0, 0.05) is 11.8 Å². The van der Waals surface area contributed by atoms with Gasteiger partial charge in [0.05, 0.1) is 11.0 Å². The Labute approximate surface area is 172 Å². The fourth-order valence-electron chi connectivity index (χ4n) is 3.56. The molecule has 0 aromatic heterocycles. The Morgan fingerprint density at radius 1 is 1.10 bits per heavy atom. The van der Waals surface area contributed by atoms with E-state index in [2.05, 4.69) is 5.32 Å². The molecule has 1 amide bonds. The number of nitrogens with zero attached hydrogens (tertiary/aromatic N) is 1. The molecule has 156 valence electrons. The highest BCUT2D eigenvalue weighted by Crippen LogP contribution is 2.37. The first-order chi connectivity index (χ1) is 14.4. The molecule has 0 bridgehead atoms. The van der Waals surface area contributed by atoms with Crippen molar-refractivity contribution in [1.82, 2.24) is 0 Å². The van der Waals surface area contributed by atoms with E-state index in [-0.39, 0.29) is 30.3 Å². The number of nitrogens with one attached hydrogen (secondary N) is 1. The van der Waals surface area contributed by atoms with E-state index in [1.54, 1.807) is 0 Å². The number of ether oxygens (including phenoxy) is 3. The summed E-state index contributed by atoms with van der Waals surface area (Å²) in [6.07, 6.45) is 1.94. The number of rotatable bonds is 5. The average molecular weight is 412 g/mol. The van der Waals surface area contributed by atoms with Crippen molar-refractivity contribution in [3.63, 3.8) is 0 Å². The predicted molar refractivity (Wildman–Crippen MR) is 106 cm³/mol. The molecular weight excluding hydrogens is 392 g/mol. The number of hydrogen-bond acceptors (Lipinski definition) is 7. The minimum absolute atomic E-state index is 0.187. The van der Waals surface area contributed by atoms with Crippen LogP contribution in [-0.2, 0) is 22.4 Å². The zero-order chi connectivity index (χ0) is 21.3. The molecule has 2 aliphatic rings. The molecular formula is C21H20N2O7. The summed E-state index contributed by atoms with van der Waals surface area (Å²) in [5.41, 5.74) is 2.31. The predicted octanol–water partition coefficient (Wildman–Crippen LogP) is 3.04. The maximum absolute atomic E-state index is 12.6. The lowest BCUT2D eigenvalue weighted by Crippen LogP contribution is -2.30. The van der Waals surface area contributed by atoms with Crippen LogP contribution in [0.15, 0.2) is 30.3 Å². The van der Waals surface area contributed by atoms with Crippen LogP contribution < -0.4 is 14.8 Å². The van der Waals surface area contributed by atoms with Crippen LogP contribution in [0.25, 0.3) is 0 Å². The quantitative estimate of drug-likeness (QED) is 0.456. The van der Waals surface area contributed by atoms with Gasteiger partial charge in [0.25, 0.3) is 11.6 Å². The van der Waals surface area contributed by atoms with Crippen LogP contribution in [0.4, 0.5) is 11.4 Å². The topological polar surface area (TPSA) is 117 Å². The third kappa shape index (κ3) is 3.91. The number of amides is 1. The van der Waals surface area contributed by atoms with Gasteiger partial charge in [0.1, 0.15) is 18.8 Å². The second-order valence-corrected chi connectivity index (χ2v) is 7.14. The summed E-state index contributed by atoms with van der Waals surface area (Å²) in [5, 5.41) is 14.1. The van der Waals surface area contributed by atoms with Crippen LogP contribution in [0, 0.1) is 10.1 Å². The van der Waals surface area contributed by atoms with Crippen LogP contribution in [0.5, 0.6) is 11.5 Å². The van der Waals surface area contributed by atoms with Crippen molar-refractivity contribution < 1.29 is 28.7 Å². The lowest BCUT2D eigenvalue weighted by molar-refractivity contribution is -0.385. The van der Waals surface area contributed by atoms with Gasteiger partial charge in [-0.3, -0.25) is 14.9 Å². The number of carbonyl (C=O) groups is 2. The second-order valence-electron chi connectivity index (χ2n) is 7.14. The largest absolute Gasteiger partial charge is 0.486 e. The molecule has 1 heterocycles. The molecule has 1 aliphatic heterocycles. The molecule has 0 saturated heterocycles. The van der Waals surface area contributed by atoms with Crippen molar-refractivity contribution in [3.05, 3.63) is 57.1 Å². The van der Waals surface area contributed by atoms with Crippen LogP contribution in [-0.4, -0.2) is 36.1 Å². The summed E-state index contributed by atoms with van der Waals surface area (Å²) >= 11 is 0. The van der Waals surface area contributed by atoms with Crippen LogP contribution in [0.1, 0.15) is 34.8 Å². The van der Waals surface area contributed by atoms with E-state index in [0.29, 0.717) is 5.69 Å². The maximum atomic E-state index is 12.6. The smallest absolute Gasteiger partial charge is 0.346 e. The standard InChI is InChI=1S/C21H20N2O7/c1-12(20(24)22-15-6-5-13-3-2-4-14(13)9-15)30-21(25)16-10-18-19(29-8-7-28-18)11-17(16)23(26)27/h5-6,9-12H,2-4,7-8H2,1H3,(H,22,24)/t12-/m0/s1. The molecule has 1 atom stereocenters. The Morgan fingerprint density at radius 2 is 1.80 bits per heavy atom. The number of esters is 1. The summed E-state index contributed by atoms with van der Waals surface area (Å²) in [6.45, 7) is 1.93. The minimum atomic E-state index is -1.15. The van der Waals surface area contributed by atoms with E-state index in [4.69, 9.17) is 14.2 Å². The average Bonchev–Trinajstić information content (AvgIpc) is 3.20. The molecule has 4 rings (SSSR count). The third-order valence-corrected chi connectivity index (χ3v) is 5.10. The fraction of sp³-hybridized carbons (Fsp3) is 0.333. The van der Waals surface area contributed by atoms with E-state index in [9.17, 15) is 19.7 Å². The molecule has 0 fully saturated rings. The lowest BCUT2D eigenvalue weighted by atomic mass is 10.1. The molecule has 1 N–H and O–H groups in total. The van der Waals surface area contributed by atoms with E-state index in [0.717, 1.165) is 25.3 Å². The molecule has 0 spiro atoms. The Bertz CT molecular complexity index is 1030. The number of nitro benzene ring substituents is 1. The number of fused-ring (bicyclic) bond motifs is 2. The second kappa shape index (κ2) is 8.02. The van der Waals surface area contributed by atoms with Crippen molar-refractivity contribution >= 4 is 23.3 Å². The zero-order valence-electron chi connectivity index (χ0n) is 16.3. The van der Waals surface area contributed by atoms with Crippen LogP contribution in [0.2, 0.25) is 0 Å². The molecule has 0 radical (unpaired) electrons. The number of aryl methyl sites for hydroxylation is 2. The highest BCUT2D eigenvalue weighted by atomic mass is 16.6. The summed E-state index contributed by atoms with van der Waals surface area (Å²) < 4.78 is 15.9. The van der Waals surface area contributed by atoms with E-state index < -0.39 is 28.6 Å². The highest BCUT2D eigenvalue weighted by Gasteiger charge is 2.29. The molecule has 2 aromatic carbocycles. The van der Waals surface area contributed by atoms with E-state index in [1.165, 1.54) is 24.1 Å². The van der Waals surface area contributed by atoms with Gasteiger partial charge in [-0.2, -0.15) is 0 Å². The van der Waals surface area contributed by atoms with Crippen LogP contribution >= 0.6 is 0 Å². The van der Waals surface area contributed by atoms with Gasteiger partial charge in [-0.25, -0.2) is 4.79 Å². The monoisotopic (exact) mass is 412 g/mol. The SMILES string of the molecule is C[C@H](OC(=O)c1cc2c(cc1[N+](=O)[O-])OCCO2)C(=O)Nc1ccc2c(c1)CCC2. The van der Waals surface area contributed by atoms with Crippen molar-refractivity contribution in [2.45, 2.75) is 32.3 Å². The van der Waals surface area contributed by atoms with Crippen molar-refractivity contribution in [1.29, 1.82) is 0 Å². The number of benzene rings is 2. The molecule has 0 saturated carbocycles. The molecule has 0 unspecified atom stereocenters. The van der Waals surface area contributed by atoms with Gasteiger partial charge in [-0.15, -0.1) is 0 Å². The molecule has 2 aromatic rings. The first-order valence-electron chi connectivity index (χ1n) is 9.64. The normalized spacial score (nSPS) is 15.1. The van der Waals surface area contributed by atoms with Crippen molar-refractivity contribution in [2.75, 3.05) is 18.5 Å². The van der Waals surface area contributed by atoms with Crippen molar-refractivity contribution in [2.24, 2.45) is 0 Å². The van der Waals surface area contributed by atoms with Gasteiger partial charge in [-0.1, -0.05) is 6.07 Å². The molecule has 1 aliphatic carbocycles.